The first kappa shape index (κ1) is 23.0. The highest BCUT2D eigenvalue weighted by Gasteiger charge is 2.21. The van der Waals surface area contributed by atoms with Gasteiger partial charge in [0.25, 0.3) is 5.69 Å². The minimum absolute atomic E-state index is 0.118. The van der Waals surface area contributed by atoms with E-state index in [4.69, 9.17) is 19.8 Å². The molecule has 1 amide bonds. The number of nitrogens with zero attached hydrogens (tertiary/aromatic N) is 3. The second-order valence-electron chi connectivity index (χ2n) is 6.79. The molecule has 2 rings (SSSR count). The fourth-order valence-electron chi connectivity index (χ4n) is 2.61. The van der Waals surface area contributed by atoms with Crippen LogP contribution in [0, 0.1) is 16.0 Å². The van der Waals surface area contributed by atoms with Gasteiger partial charge in [-0.15, -0.1) is 0 Å². The number of non-ortho nitro benzene ring substituents is 1. The predicted octanol–water partition coefficient (Wildman–Crippen LogP) is 1.44. The van der Waals surface area contributed by atoms with Crippen molar-refractivity contribution >= 4 is 23.5 Å². The van der Waals surface area contributed by atoms with Crippen LogP contribution in [0.15, 0.2) is 24.3 Å². The molecule has 1 aliphatic heterocycles. The molecule has 1 saturated heterocycles. The number of nitro groups is 1. The van der Waals surface area contributed by atoms with Gasteiger partial charge in [-0.05, 0) is 11.5 Å². The van der Waals surface area contributed by atoms with E-state index in [1.165, 1.54) is 12.1 Å². The Morgan fingerprint density at radius 2 is 1.54 bits per heavy atom. The molecule has 154 valence electrons. The summed E-state index contributed by atoms with van der Waals surface area (Å²) in [6.45, 7) is 8.11. The Kier molecular flexibility index (Phi) is 9.03. The first-order valence-corrected chi connectivity index (χ1v) is 8.79. The first-order chi connectivity index (χ1) is 13.1. The van der Waals surface area contributed by atoms with Crippen LogP contribution >= 0.6 is 0 Å². The van der Waals surface area contributed by atoms with Crippen LogP contribution in [0.5, 0.6) is 0 Å². The molecule has 0 saturated carbocycles. The molecule has 1 aromatic rings. The van der Waals surface area contributed by atoms with Crippen LogP contribution in [0.4, 0.5) is 5.69 Å². The van der Waals surface area contributed by atoms with Crippen LogP contribution in [0.2, 0.25) is 0 Å². The zero-order chi connectivity index (χ0) is 21.3. The third-order valence-electron chi connectivity index (χ3n) is 4.04. The molecule has 0 radical (unpaired) electrons. The molecule has 0 bridgehead atoms. The van der Waals surface area contributed by atoms with E-state index in [1.54, 1.807) is 12.1 Å². The molecule has 0 unspecified atom stereocenters. The standard InChI is InChI=1S/C16H23N3O3.C2H2O4/c1-13(2)11-16(20)18-9-7-17(8-10-18)12-14-3-5-15(6-4-14)19(21)22;3-1(4)2(5)6/h3-6,13H,7-12H2,1-2H3;(H,3,4)(H,5,6). The van der Waals surface area contributed by atoms with Gasteiger partial charge in [0, 0.05) is 51.3 Å². The summed E-state index contributed by atoms with van der Waals surface area (Å²) in [6.07, 6.45) is 0.613. The van der Waals surface area contributed by atoms with Gasteiger partial charge in [-0.2, -0.15) is 0 Å². The van der Waals surface area contributed by atoms with E-state index in [-0.39, 0.29) is 16.5 Å². The molecule has 1 fully saturated rings. The maximum atomic E-state index is 12.0. The maximum absolute atomic E-state index is 12.0. The van der Waals surface area contributed by atoms with Gasteiger partial charge in [-0.25, -0.2) is 9.59 Å². The lowest BCUT2D eigenvalue weighted by Crippen LogP contribution is -2.48. The number of carboxylic acid groups (broad SMARTS) is 2. The summed E-state index contributed by atoms with van der Waals surface area (Å²) >= 11 is 0. The van der Waals surface area contributed by atoms with Crippen LogP contribution in [0.3, 0.4) is 0 Å². The largest absolute Gasteiger partial charge is 0.473 e. The third kappa shape index (κ3) is 8.12. The SMILES string of the molecule is CC(C)CC(=O)N1CCN(Cc2ccc([N+](=O)[O-])cc2)CC1.O=C(O)C(=O)O. The minimum atomic E-state index is -1.82. The van der Waals surface area contributed by atoms with Crippen molar-refractivity contribution in [3.63, 3.8) is 0 Å². The van der Waals surface area contributed by atoms with Crippen LogP contribution in [-0.4, -0.2) is 69.0 Å². The van der Waals surface area contributed by atoms with Gasteiger partial charge in [0.05, 0.1) is 4.92 Å². The van der Waals surface area contributed by atoms with Gasteiger partial charge in [-0.1, -0.05) is 26.0 Å². The molecule has 0 aromatic heterocycles. The van der Waals surface area contributed by atoms with Crippen LogP contribution in [0.25, 0.3) is 0 Å². The Morgan fingerprint density at radius 3 is 1.93 bits per heavy atom. The van der Waals surface area contributed by atoms with Crippen molar-refractivity contribution in [2.24, 2.45) is 5.92 Å². The van der Waals surface area contributed by atoms with Crippen LogP contribution in [-0.2, 0) is 20.9 Å². The molecule has 10 nitrogen and oxygen atoms in total. The van der Waals surface area contributed by atoms with Crippen LogP contribution in [0.1, 0.15) is 25.8 Å². The second-order valence-corrected chi connectivity index (χ2v) is 6.79. The Hall–Kier alpha value is -3.01. The van der Waals surface area contributed by atoms with E-state index in [0.29, 0.717) is 12.3 Å². The van der Waals surface area contributed by atoms with E-state index in [2.05, 4.69) is 18.7 Å². The summed E-state index contributed by atoms with van der Waals surface area (Å²) in [5.41, 5.74) is 1.18. The van der Waals surface area contributed by atoms with Crippen molar-refractivity contribution in [2.45, 2.75) is 26.8 Å². The van der Waals surface area contributed by atoms with Crippen LogP contribution < -0.4 is 0 Å². The number of nitro benzene ring substituents is 1. The molecule has 0 aliphatic carbocycles. The zero-order valence-corrected chi connectivity index (χ0v) is 15.9. The summed E-state index contributed by atoms with van der Waals surface area (Å²) in [5, 5.41) is 25.4. The highest BCUT2D eigenvalue weighted by molar-refractivity contribution is 6.27. The number of piperazine rings is 1. The van der Waals surface area contributed by atoms with Crippen molar-refractivity contribution in [2.75, 3.05) is 26.2 Å². The monoisotopic (exact) mass is 395 g/mol. The smallest absolute Gasteiger partial charge is 0.414 e. The topological polar surface area (TPSA) is 141 Å². The third-order valence-corrected chi connectivity index (χ3v) is 4.04. The number of benzene rings is 1. The van der Waals surface area contributed by atoms with Gasteiger partial charge in [-0.3, -0.25) is 19.8 Å². The van der Waals surface area contributed by atoms with Crippen molar-refractivity contribution in [3.8, 4) is 0 Å². The number of hydrogen-bond acceptors (Lipinski definition) is 6. The molecule has 1 aromatic carbocycles. The molecule has 28 heavy (non-hydrogen) atoms. The molecule has 10 heteroatoms. The molecule has 0 atom stereocenters. The van der Waals surface area contributed by atoms with Gasteiger partial charge >= 0.3 is 11.9 Å². The van der Waals surface area contributed by atoms with E-state index >= 15 is 0 Å². The number of carbonyl (C=O) groups is 3. The molecule has 2 N–H and O–H groups in total. The van der Waals surface area contributed by atoms with Gasteiger partial charge in [0.2, 0.25) is 5.91 Å². The number of rotatable bonds is 5. The first-order valence-electron chi connectivity index (χ1n) is 8.79. The number of amides is 1. The Labute approximate surface area is 162 Å². The highest BCUT2D eigenvalue weighted by Crippen LogP contribution is 2.15. The van der Waals surface area contributed by atoms with Crippen molar-refractivity contribution in [1.82, 2.24) is 9.80 Å². The average Bonchev–Trinajstić information content (AvgIpc) is 2.62. The lowest BCUT2D eigenvalue weighted by molar-refractivity contribution is -0.384. The maximum Gasteiger partial charge on any atom is 0.414 e. The van der Waals surface area contributed by atoms with Gasteiger partial charge < -0.3 is 15.1 Å². The normalized spacial score (nSPS) is 14.2. The average molecular weight is 395 g/mol. The lowest BCUT2D eigenvalue weighted by Gasteiger charge is -2.35. The fourth-order valence-corrected chi connectivity index (χ4v) is 2.61. The van der Waals surface area contributed by atoms with Crippen molar-refractivity contribution in [1.29, 1.82) is 0 Å². The zero-order valence-electron chi connectivity index (χ0n) is 15.9. The van der Waals surface area contributed by atoms with Crippen molar-refractivity contribution in [3.05, 3.63) is 39.9 Å². The van der Waals surface area contributed by atoms with Gasteiger partial charge in [0.15, 0.2) is 0 Å². The summed E-state index contributed by atoms with van der Waals surface area (Å²) in [5.74, 6) is -3.01. The number of hydrogen-bond donors (Lipinski definition) is 2. The molecule has 0 spiro atoms. The fraction of sp³-hybridized carbons (Fsp3) is 0.500. The van der Waals surface area contributed by atoms with E-state index in [0.717, 1.165) is 38.3 Å². The molecular weight excluding hydrogens is 370 g/mol. The second kappa shape index (κ2) is 11.0. The minimum Gasteiger partial charge on any atom is -0.473 e. The predicted molar refractivity (Wildman–Crippen MR) is 99.7 cm³/mol. The lowest BCUT2D eigenvalue weighted by atomic mass is 10.1. The summed E-state index contributed by atoms with van der Waals surface area (Å²) in [6, 6.07) is 6.68. The molecule has 1 aliphatic rings. The summed E-state index contributed by atoms with van der Waals surface area (Å²) < 4.78 is 0. The number of carboxylic acids is 2. The number of aliphatic carboxylic acids is 2. The molecular formula is C18H25N3O7. The summed E-state index contributed by atoms with van der Waals surface area (Å²) in [4.78, 5) is 44.7. The van der Waals surface area contributed by atoms with Gasteiger partial charge in [0.1, 0.15) is 0 Å². The van der Waals surface area contributed by atoms with E-state index < -0.39 is 11.9 Å². The quantitative estimate of drug-likeness (QED) is 0.433. The Morgan fingerprint density at radius 1 is 1.04 bits per heavy atom. The molecule has 1 heterocycles. The van der Waals surface area contributed by atoms with E-state index in [9.17, 15) is 14.9 Å². The van der Waals surface area contributed by atoms with E-state index in [1.807, 2.05) is 4.90 Å². The van der Waals surface area contributed by atoms with Crippen molar-refractivity contribution < 1.29 is 29.5 Å². The number of carbonyl (C=O) groups excluding carboxylic acids is 1. The Bertz CT molecular complexity index is 684. The highest BCUT2D eigenvalue weighted by atomic mass is 16.6. The summed E-state index contributed by atoms with van der Waals surface area (Å²) in [7, 11) is 0. The Balaban J connectivity index is 0.000000568.